The smallest absolute Gasteiger partial charge is 0.224 e. The molecule has 2 amide bonds. The van der Waals surface area contributed by atoms with Crippen LogP contribution in [0.5, 0.6) is 0 Å². The lowest BCUT2D eigenvalue weighted by atomic mass is 10.2. The lowest BCUT2D eigenvalue weighted by Gasteiger charge is -2.35. The van der Waals surface area contributed by atoms with Crippen LogP contribution in [0.15, 0.2) is 48.7 Å². The molecule has 142 valence electrons. The minimum atomic E-state index is -0.407. The van der Waals surface area contributed by atoms with Crippen molar-refractivity contribution in [3.05, 3.63) is 54.5 Å². The topological polar surface area (TPSA) is 56.8 Å². The fraction of sp³-hybridized carbons (Fsp3) is 0.350. The van der Waals surface area contributed by atoms with E-state index in [4.69, 9.17) is 0 Å². The van der Waals surface area contributed by atoms with Gasteiger partial charge in [0.25, 0.3) is 0 Å². The number of benzene rings is 1. The molecule has 0 bridgehead atoms. The summed E-state index contributed by atoms with van der Waals surface area (Å²) in [6.07, 6.45) is 1.97. The molecule has 1 aliphatic rings. The van der Waals surface area contributed by atoms with Crippen molar-refractivity contribution in [2.75, 3.05) is 42.5 Å². The van der Waals surface area contributed by atoms with E-state index >= 15 is 0 Å². The van der Waals surface area contributed by atoms with Gasteiger partial charge in [-0.3, -0.25) is 9.59 Å². The predicted molar refractivity (Wildman–Crippen MR) is 102 cm³/mol. The molecular formula is C20H23FN4O2. The van der Waals surface area contributed by atoms with E-state index in [0.717, 1.165) is 18.9 Å². The van der Waals surface area contributed by atoms with Gasteiger partial charge >= 0.3 is 0 Å². The minimum Gasteiger partial charge on any atom is -0.353 e. The summed E-state index contributed by atoms with van der Waals surface area (Å²) in [5.74, 6) is 0.292. The van der Waals surface area contributed by atoms with Crippen molar-refractivity contribution in [1.29, 1.82) is 0 Å². The van der Waals surface area contributed by atoms with Crippen molar-refractivity contribution in [1.82, 2.24) is 9.88 Å². The quantitative estimate of drug-likeness (QED) is 0.811. The number of carbonyl (C=O) groups excluding carboxylic acids is 2. The molecule has 7 heteroatoms. The van der Waals surface area contributed by atoms with Gasteiger partial charge in [0.2, 0.25) is 11.8 Å². The van der Waals surface area contributed by atoms with Crippen LogP contribution in [0, 0.1) is 5.82 Å². The van der Waals surface area contributed by atoms with E-state index in [-0.39, 0.29) is 24.8 Å². The van der Waals surface area contributed by atoms with Crippen molar-refractivity contribution in [3.8, 4) is 0 Å². The second-order valence-electron chi connectivity index (χ2n) is 6.46. The van der Waals surface area contributed by atoms with Gasteiger partial charge in [-0.1, -0.05) is 12.1 Å². The Morgan fingerprint density at radius 3 is 2.52 bits per heavy atom. The highest BCUT2D eigenvalue weighted by molar-refractivity contribution is 5.92. The summed E-state index contributed by atoms with van der Waals surface area (Å²) in [4.78, 5) is 34.2. The van der Waals surface area contributed by atoms with Crippen molar-refractivity contribution in [2.45, 2.75) is 13.3 Å². The highest BCUT2D eigenvalue weighted by Gasteiger charge is 2.23. The molecule has 0 radical (unpaired) electrons. The minimum absolute atomic E-state index is 0.00155. The normalized spacial score (nSPS) is 14.1. The third-order valence-corrected chi connectivity index (χ3v) is 4.65. The van der Waals surface area contributed by atoms with E-state index in [1.807, 2.05) is 23.1 Å². The number of hydrogen-bond acceptors (Lipinski definition) is 4. The number of rotatable bonds is 5. The Bertz CT molecular complexity index is 792. The average molecular weight is 370 g/mol. The molecule has 0 spiro atoms. The van der Waals surface area contributed by atoms with Crippen LogP contribution in [0.4, 0.5) is 15.9 Å². The van der Waals surface area contributed by atoms with Crippen molar-refractivity contribution >= 4 is 23.3 Å². The van der Waals surface area contributed by atoms with Crippen LogP contribution in [-0.2, 0) is 9.59 Å². The summed E-state index contributed by atoms with van der Waals surface area (Å²) in [6.45, 7) is 4.34. The maximum absolute atomic E-state index is 13.4. The number of amides is 2. The van der Waals surface area contributed by atoms with Gasteiger partial charge in [-0.15, -0.1) is 0 Å². The van der Waals surface area contributed by atoms with Crippen LogP contribution in [0.1, 0.15) is 13.3 Å². The first-order valence-electron chi connectivity index (χ1n) is 9.02. The second-order valence-corrected chi connectivity index (χ2v) is 6.46. The molecule has 1 aliphatic heterocycles. The number of hydrogen-bond donors (Lipinski definition) is 0. The fourth-order valence-electron chi connectivity index (χ4n) is 3.20. The maximum atomic E-state index is 13.4. The lowest BCUT2D eigenvalue weighted by molar-refractivity contribution is -0.131. The number of piperazine rings is 1. The van der Waals surface area contributed by atoms with E-state index in [2.05, 4.69) is 9.88 Å². The maximum Gasteiger partial charge on any atom is 0.224 e. The lowest BCUT2D eigenvalue weighted by Crippen LogP contribution is -2.49. The van der Waals surface area contributed by atoms with E-state index in [0.29, 0.717) is 18.8 Å². The van der Waals surface area contributed by atoms with Crippen LogP contribution in [0.25, 0.3) is 0 Å². The van der Waals surface area contributed by atoms with E-state index in [9.17, 15) is 14.0 Å². The van der Waals surface area contributed by atoms with E-state index in [1.165, 1.54) is 24.0 Å². The fourth-order valence-corrected chi connectivity index (χ4v) is 3.20. The van der Waals surface area contributed by atoms with Crippen molar-refractivity contribution < 1.29 is 14.0 Å². The van der Waals surface area contributed by atoms with E-state index < -0.39 is 5.82 Å². The Hall–Kier alpha value is -2.96. The monoisotopic (exact) mass is 370 g/mol. The van der Waals surface area contributed by atoms with Gasteiger partial charge in [0, 0.05) is 58.0 Å². The summed E-state index contributed by atoms with van der Waals surface area (Å²) >= 11 is 0. The molecule has 0 atom stereocenters. The highest BCUT2D eigenvalue weighted by Crippen LogP contribution is 2.17. The van der Waals surface area contributed by atoms with E-state index in [1.54, 1.807) is 18.3 Å². The Morgan fingerprint density at radius 1 is 1.11 bits per heavy atom. The average Bonchev–Trinajstić information content (AvgIpc) is 2.68. The summed E-state index contributed by atoms with van der Waals surface area (Å²) in [5, 5.41) is 0. The molecule has 27 heavy (non-hydrogen) atoms. The molecule has 2 aromatic rings. The molecule has 1 aromatic carbocycles. The Kier molecular flexibility index (Phi) is 6.01. The number of halogens is 1. The molecule has 0 saturated carbocycles. The molecule has 1 saturated heterocycles. The first-order valence-corrected chi connectivity index (χ1v) is 9.02. The van der Waals surface area contributed by atoms with Crippen LogP contribution in [0.2, 0.25) is 0 Å². The molecule has 0 N–H and O–H groups in total. The van der Waals surface area contributed by atoms with Crippen LogP contribution in [0.3, 0.4) is 0 Å². The molecule has 0 unspecified atom stereocenters. The molecule has 3 rings (SSSR count). The number of aromatic nitrogens is 1. The largest absolute Gasteiger partial charge is 0.353 e. The van der Waals surface area contributed by atoms with Gasteiger partial charge in [-0.05, 0) is 30.3 Å². The zero-order valence-electron chi connectivity index (χ0n) is 15.3. The molecule has 0 aliphatic carbocycles. The number of nitrogens with zero attached hydrogens (tertiary/aromatic N) is 4. The molecule has 1 fully saturated rings. The van der Waals surface area contributed by atoms with Gasteiger partial charge in [-0.2, -0.15) is 0 Å². The highest BCUT2D eigenvalue weighted by atomic mass is 19.1. The van der Waals surface area contributed by atoms with Crippen LogP contribution < -0.4 is 9.80 Å². The Balaban J connectivity index is 1.54. The number of pyridine rings is 1. The predicted octanol–water partition coefficient (Wildman–Crippen LogP) is 2.31. The van der Waals surface area contributed by atoms with Gasteiger partial charge in [-0.25, -0.2) is 9.37 Å². The number of carbonyl (C=O) groups is 2. The second kappa shape index (κ2) is 8.62. The van der Waals surface area contributed by atoms with Gasteiger partial charge in [0.15, 0.2) is 0 Å². The number of anilines is 2. The SMILES string of the molecule is CC(=O)N(CCC(=O)N1CCN(c2ccccn2)CC1)c1cccc(F)c1. The molecule has 1 aromatic heterocycles. The third-order valence-electron chi connectivity index (χ3n) is 4.65. The first kappa shape index (κ1) is 18.8. The summed E-state index contributed by atoms with van der Waals surface area (Å²) in [5.41, 5.74) is 0.468. The van der Waals surface area contributed by atoms with Crippen molar-refractivity contribution in [3.63, 3.8) is 0 Å². The van der Waals surface area contributed by atoms with Crippen LogP contribution >= 0.6 is 0 Å². The zero-order chi connectivity index (χ0) is 19.2. The zero-order valence-corrected chi connectivity index (χ0v) is 15.3. The third kappa shape index (κ3) is 4.81. The molecular weight excluding hydrogens is 347 g/mol. The summed E-state index contributed by atoms with van der Waals surface area (Å²) in [6, 6.07) is 11.6. The standard InChI is InChI=1S/C20H23FN4O2/c1-16(26)25(18-6-4-5-17(21)15-18)10-8-20(27)24-13-11-23(12-14-24)19-7-2-3-9-22-19/h2-7,9,15H,8,10-14H2,1H3. The Labute approximate surface area is 158 Å². The summed E-state index contributed by atoms with van der Waals surface area (Å²) in [7, 11) is 0. The molecule has 2 heterocycles. The van der Waals surface area contributed by atoms with Gasteiger partial charge in [0.1, 0.15) is 11.6 Å². The first-order chi connectivity index (χ1) is 13.0. The van der Waals surface area contributed by atoms with Crippen LogP contribution in [-0.4, -0.2) is 54.4 Å². The van der Waals surface area contributed by atoms with Gasteiger partial charge in [0.05, 0.1) is 0 Å². The van der Waals surface area contributed by atoms with Crippen molar-refractivity contribution in [2.24, 2.45) is 0 Å². The molecule has 6 nitrogen and oxygen atoms in total. The Morgan fingerprint density at radius 2 is 1.89 bits per heavy atom. The summed E-state index contributed by atoms with van der Waals surface area (Å²) < 4.78 is 13.4. The van der Waals surface area contributed by atoms with Gasteiger partial charge < -0.3 is 14.7 Å².